The van der Waals surface area contributed by atoms with Crippen LogP contribution in [-0.4, -0.2) is 73.2 Å². The average molecular weight is 355 g/mol. The zero-order valence-electron chi connectivity index (χ0n) is 15.2. The van der Waals surface area contributed by atoms with Gasteiger partial charge in [0.25, 0.3) is 0 Å². The van der Waals surface area contributed by atoms with Crippen molar-refractivity contribution < 1.29 is 9.53 Å². The molecule has 136 valence electrons. The quantitative estimate of drug-likeness (QED) is 0.764. The summed E-state index contributed by atoms with van der Waals surface area (Å²) in [5, 5.41) is 4.06. The number of morpholine rings is 1. The number of thiazole rings is 1. The van der Waals surface area contributed by atoms with Crippen LogP contribution in [0.5, 0.6) is 0 Å². The predicted octanol–water partition coefficient (Wildman–Crippen LogP) is 1.36. The summed E-state index contributed by atoms with van der Waals surface area (Å²) in [7, 11) is 1.95. The second-order valence-electron chi connectivity index (χ2n) is 6.97. The van der Waals surface area contributed by atoms with Crippen LogP contribution in [0, 0.1) is 12.8 Å². The van der Waals surface area contributed by atoms with Gasteiger partial charge in [-0.05, 0) is 19.9 Å². The van der Waals surface area contributed by atoms with E-state index in [0.717, 1.165) is 37.8 Å². The molecular weight excluding hydrogens is 324 g/mol. The van der Waals surface area contributed by atoms with Gasteiger partial charge in [-0.2, -0.15) is 0 Å². The molecule has 0 spiro atoms. The van der Waals surface area contributed by atoms with Crippen LogP contribution in [-0.2, 0) is 16.1 Å². The first-order valence-electron chi connectivity index (χ1n) is 8.63. The molecular formula is C17H30N4O2S. The van der Waals surface area contributed by atoms with Crippen LogP contribution in [0.1, 0.15) is 23.7 Å². The van der Waals surface area contributed by atoms with Gasteiger partial charge < -0.3 is 10.1 Å². The van der Waals surface area contributed by atoms with Gasteiger partial charge in [0.1, 0.15) is 0 Å². The third-order valence-corrected chi connectivity index (χ3v) is 4.78. The molecule has 1 atom stereocenters. The van der Waals surface area contributed by atoms with Crippen molar-refractivity contribution in [1.29, 1.82) is 0 Å². The van der Waals surface area contributed by atoms with Gasteiger partial charge in [-0.1, -0.05) is 13.8 Å². The number of ether oxygens (including phenoxy) is 1. The van der Waals surface area contributed by atoms with Gasteiger partial charge in [-0.3, -0.25) is 14.6 Å². The van der Waals surface area contributed by atoms with Crippen LogP contribution in [0.2, 0.25) is 0 Å². The molecule has 1 N–H and O–H groups in total. The predicted molar refractivity (Wildman–Crippen MR) is 97.2 cm³/mol. The van der Waals surface area contributed by atoms with E-state index < -0.39 is 0 Å². The summed E-state index contributed by atoms with van der Waals surface area (Å²) in [6.07, 6.45) is 1.98. The lowest BCUT2D eigenvalue weighted by molar-refractivity contribution is -0.123. The minimum atomic E-state index is 0.0447. The van der Waals surface area contributed by atoms with Crippen molar-refractivity contribution in [3.05, 3.63) is 16.1 Å². The van der Waals surface area contributed by atoms with E-state index in [2.05, 4.69) is 29.0 Å². The molecule has 1 amide bonds. The first kappa shape index (κ1) is 19.3. The van der Waals surface area contributed by atoms with Crippen molar-refractivity contribution in [2.24, 2.45) is 5.92 Å². The number of likely N-dealkylation sites (N-methyl/N-ethyl adjacent to an activating group) is 1. The van der Waals surface area contributed by atoms with E-state index in [-0.39, 0.29) is 12.0 Å². The number of aromatic nitrogens is 1. The van der Waals surface area contributed by atoms with Crippen LogP contribution in [0.25, 0.3) is 0 Å². The van der Waals surface area contributed by atoms with E-state index >= 15 is 0 Å². The first-order chi connectivity index (χ1) is 11.4. The molecule has 6 nitrogen and oxygen atoms in total. The summed E-state index contributed by atoms with van der Waals surface area (Å²) in [5.74, 6) is 0.700. The number of rotatable bonds is 8. The zero-order chi connectivity index (χ0) is 17.5. The second kappa shape index (κ2) is 9.46. The van der Waals surface area contributed by atoms with E-state index in [1.54, 1.807) is 11.3 Å². The zero-order valence-corrected chi connectivity index (χ0v) is 16.1. The summed E-state index contributed by atoms with van der Waals surface area (Å²) in [6.45, 7) is 11.9. The SMILES string of the molecule is Cc1ncc(CN(C)CC(=O)NCC2CN(CC(C)C)CCO2)s1. The molecule has 1 fully saturated rings. The van der Waals surface area contributed by atoms with Crippen LogP contribution in [0.4, 0.5) is 0 Å². The third-order valence-electron chi connectivity index (χ3n) is 3.88. The Morgan fingerprint density at radius 3 is 3.04 bits per heavy atom. The Balaban J connectivity index is 1.66. The van der Waals surface area contributed by atoms with Crippen molar-refractivity contribution in [2.75, 3.05) is 46.4 Å². The molecule has 24 heavy (non-hydrogen) atoms. The molecule has 1 unspecified atom stereocenters. The van der Waals surface area contributed by atoms with Crippen molar-refractivity contribution >= 4 is 17.2 Å². The molecule has 1 aromatic heterocycles. The van der Waals surface area contributed by atoms with Crippen LogP contribution in [0.3, 0.4) is 0 Å². The van der Waals surface area contributed by atoms with E-state index in [1.165, 1.54) is 4.88 Å². The number of carbonyl (C=O) groups excluding carboxylic acids is 1. The molecule has 0 aromatic carbocycles. The third kappa shape index (κ3) is 6.84. The summed E-state index contributed by atoms with van der Waals surface area (Å²) in [5.41, 5.74) is 0. The van der Waals surface area contributed by atoms with Crippen molar-refractivity contribution in [3.63, 3.8) is 0 Å². The van der Waals surface area contributed by atoms with E-state index in [4.69, 9.17) is 4.74 Å². The Morgan fingerprint density at radius 1 is 1.58 bits per heavy atom. The van der Waals surface area contributed by atoms with Gasteiger partial charge in [0.15, 0.2) is 0 Å². The molecule has 2 heterocycles. The Kier molecular flexibility index (Phi) is 7.61. The lowest BCUT2D eigenvalue weighted by atomic mass is 10.2. The van der Waals surface area contributed by atoms with Crippen LogP contribution >= 0.6 is 11.3 Å². The van der Waals surface area contributed by atoms with Crippen LogP contribution < -0.4 is 5.32 Å². The smallest absolute Gasteiger partial charge is 0.234 e. The molecule has 1 aliphatic rings. The topological polar surface area (TPSA) is 57.7 Å². The summed E-state index contributed by atoms with van der Waals surface area (Å²) in [4.78, 5) is 22.0. The molecule has 7 heteroatoms. The van der Waals surface area contributed by atoms with Crippen molar-refractivity contribution in [2.45, 2.75) is 33.4 Å². The van der Waals surface area contributed by atoms with Gasteiger partial charge in [0, 0.05) is 43.8 Å². The molecule has 1 saturated heterocycles. The van der Waals surface area contributed by atoms with Gasteiger partial charge in [0.05, 0.1) is 24.3 Å². The number of amides is 1. The highest BCUT2D eigenvalue weighted by molar-refractivity contribution is 7.11. The highest BCUT2D eigenvalue weighted by Crippen LogP contribution is 2.13. The highest BCUT2D eigenvalue weighted by atomic mass is 32.1. The molecule has 0 radical (unpaired) electrons. The van der Waals surface area contributed by atoms with E-state index in [0.29, 0.717) is 19.0 Å². The number of nitrogens with zero attached hydrogens (tertiary/aromatic N) is 3. The maximum Gasteiger partial charge on any atom is 0.234 e. The second-order valence-corrected chi connectivity index (χ2v) is 8.29. The van der Waals surface area contributed by atoms with Gasteiger partial charge in [0.2, 0.25) is 5.91 Å². The standard InChI is InChI=1S/C17H30N4O2S/c1-13(2)9-21-5-6-23-15(10-21)7-19-17(22)12-20(4)11-16-8-18-14(3)24-16/h8,13,15H,5-7,9-12H2,1-4H3,(H,19,22). The van der Waals surface area contributed by atoms with Gasteiger partial charge in [-0.25, -0.2) is 4.98 Å². The Morgan fingerprint density at radius 2 is 2.38 bits per heavy atom. The molecule has 0 saturated carbocycles. The normalized spacial score (nSPS) is 19.2. The van der Waals surface area contributed by atoms with Crippen molar-refractivity contribution in [1.82, 2.24) is 20.1 Å². The number of hydrogen-bond acceptors (Lipinski definition) is 6. The molecule has 0 aliphatic carbocycles. The summed E-state index contributed by atoms with van der Waals surface area (Å²) >= 11 is 1.67. The lowest BCUT2D eigenvalue weighted by Gasteiger charge is -2.34. The van der Waals surface area contributed by atoms with Gasteiger partial charge in [-0.15, -0.1) is 11.3 Å². The average Bonchev–Trinajstić information content (AvgIpc) is 2.89. The Labute approximate surface area is 149 Å². The van der Waals surface area contributed by atoms with Crippen LogP contribution in [0.15, 0.2) is 6.20 Å². The first-order valence-corrected chi connectivity index (χ1v) is 9.44. The van der Waals surface area contributed by atoms with E-state index in [9.17, 15) is 4.79 Å². The monoisotopic (exact) mass is 354 g/mol. The lowest BCUT2D eigenvalue weighted by Crippen LogP contribution is -2.49. The molecule has 2 rings (SSSR count). The minimum Gasteiger partial charge on any atom is -0.374 e. The summed E-state index contributed by atoms with van der Waals surface area (Å²) in [6, 6.07) is 0. The largest absolute Gasteiger partial charge is 0.374 e. The number of aryl methyl sites for hydroxylation is 1. The molecule has 1 aliphatic heterocycles. The summed E-state index contributed by atoms with van der Waals surface area (Å²) < 4.78 is 5.77. The van der Waals surface area contributed by atoms with Gasteiger partial charge >= 0.3 is 0 Å². The maximum absolute atomic E-state index is 12.1. The fraction of sp³-hybridized carbons (Fsp3) is 0.765. The fourth-order valence-corrected chi connectivity index (χ4v) is 3.79. The van der Waals surface area contributed by atoms with Crippen molar-refractivity contribution in [3.8, 4) is 0 Å². The Bertz CT molecular complexity index is 520. The number of carbonyl (C=O) groups is 1. The fourth-order valence-electron chi connectivity index (χ4n) is 2.92. The number of hydrogen-bond donors (Lipinski definition) is 1. The highest BCUT2D eigenvalue weighted by Gasteiger charge is 2.21. The number of nitrogens with one attached hydrogen (secondary N) is 1. The maximum atomic E-state index is 12.1. The minimum absolute atomic E-state index is 0.0447. The molecule has 0 bridgehead atoms. The molecule has 1 aromatic rings. The van der Waals surface area contributed by atoms with E-state index in [1.807, 2.05) is 25.1 Å². The Hall–Kier alpha value is -1.02.